The van der Waals surface area contributed by atoms with Crippen LogP contribution in [0.25, 0.3) is 0 Å². The predicted molar refractivity (Wildman–Crippen MR) is 19.0 cm³/mol. The van der Waals surface area contributed by atoms with Gasteiger partial charge in [-0.2, -0.15) is 0 Å². The molecule has 0 atom stereocenters. The van der Waals surface area contributed by atoms with Crippen molar-refractivity contribution in [3.8, 4) is 0 Å². The number of rotatable bonds is 0. The molecular weight excluding hydrogens is 118 g/mol. The Bertz CT molecular complexity index is 58.6. The van der Waals surface area contributed by atoms with Crippen LogP contribution in [-0.2, 0) is 4.57 Å². The van der Waals surface area contributed by atoms with Gasteiger partial charge in [-0.15, -0.1) is 0 Å². The molecule has 42 valence electrons. The molecule has 0 aliphatic rings. The third-order valence-electron chi connectivity index (χ3n) is 0. The van der Waals surface area contributed by atoms with Gasteiger partial charge >= 0.3 is 26.7 Å². The van der Waals surface area contributed by atoms with Crippen molar-refractivity contribution in [3.63, 3.8) is 0 Å². The molecule has 0 aromatic carbocycles. The van der Waals surface area contributed by atoms with Crippen LogP contribution in [0.5, 0.6) is 0 Å². The summed E-state index contributed by atoms with van der Waals surface area (Å²) < 4.78 is 8.88. The van der Waals surface area contributed by atoms with Crippen molar-refractivity contribution in [3.05, 3.63) is 0 Å². The Morgan fingerprint density at radius 1 is 1.29 bits per heavy atom. The second-order valence-electron chi connectivity index (χ2n) is 0.513. The van der Waals surface area contributed by atoms with Gasteiger partial charge in [0.15, 0.2) is 0 Å². The van der Waals surface area contributed by atoms with Crippen molar-refractivity contribution >= 4 is 7.82 Å². The minimum atomic E-state index is -4.64. The largest absolute Gasteiger partial charge is 1.00 e. The fourth-order valence-electron chi connectivity index (χ4n) is 0. The van der Waals surface area contributed by atoms with E-state index < -0.39 is 7.82 Å². The Hall–Kier alpha value is 0.667. The van der Waals surface area contributed by atoms with Gasteiger partial charge in [-0.3, -0.25) is 0 Å². The first-order valence-corrected chi connectivity index (χ1v) is 2.35. The van der Waals surface area contributed by atoms with Gasteiger partial charge in [0.25, 0.3) is 0 Å². The summed E-state index contributed by atoms with van der Waals surface area (Å²) in [5, 5.41) is 0. The molecule has 0 fully saturated rings. The molecule has 0 unspecified atom stereocenters. The molecule has 0 rings (SSSR count). The van der Waals surface area contributed by atoms with E-state index in [1.807, 2.05) is 0 Å². The first-order chi connectivity index (χ1) is 2.00. The van der Waals surface area contributed by atoms with E-state index in [9.17, 15) is 0 Å². The van der Waals surface area contributed by atoms with Crippen molar-refractivity contribution in [2.45, 2.75) is 0 Å². The second kappa shape index (κ2) is 4.82. The standard InChI is InChI=1S/Li.H3O4P.H2O.H/c;1-5(2,3)4;;/h;(H3,1,2,3,4);1H2;/q+1;;;-1. The molecule has 0 bridgehead atoms. The Morgan fingerprint density at radius 2 is 1.29 bits per heavy atom. The van der Waals surface area contributed by atoms with Gasteiger partial charge in [-0.1, -0.05) is 0 Å². The van der Waals surface area contributed by atoms with Crippen LogP contribution < -0.4 is 18.9 Å². The van der Waals surface area contributed by atoms with Gasteiger partial charge in [-0.25, -0.2) is 4.57 Å². The summed E-state index contributed by atoms with van der Waals surface area (Å²) in [4.78, 5) is 21.6. The maximum atomic E-state index is 8.88. The maximum absolute atomic E-state index is 8.88. The minimum absolute atomic E-state index is 0. The monoisotopic (exact) mass is 124 g/mol. The van der Waals surface area contributed by atoms with Crippen LogP contribution in [0.3, 0.4) is 0 Å². The summed E-state index contributed by atoms with van der Waals surface area (Å²) in [6.07, 6.45) is 0. The molecule has 0 saturated heterocycles. The summed E-state index contributed by atoms with van der Waals surface area (Å²) in [7, 11) is -4.64. The average Bonchev–Trinajstić information content (AvgIpc) is 0.722. The van der Waals surface area contributed by atoms with E-state index in [0.717, 1.165) is 0 Å². The molecule has 0 spiro atoms. The third-order valence-corrected chi connectivity index (χ3v) is 0. The van der Waals surface area contributed by atoms with Crippen LogP contribution in [0.1, 0.15) is 1.43 Å². The second-order valence-corrected chi connectivity index (χ2v) is 1.54. The van der Waals surface area contributed by atoms with E-state index in [4.69, 9.17) is 19.2 Å². The molecule has 7 heavy (non-hydrogen) atoms. The number of hydrogen-bond donors (Lipinski definition) is 3. The smallest absolute Gasteiger partial charge is 1.00 e. The van der Waals surface area contributed by atoms with E-state index in [-0.39, 0.29) is 25.8 Å². The summed E-state index contributed by atoms with van der Waals surface area (Å²) in [6, 6.07) is 0. The van der Waals surface area contributed by atoms with Crippen LogP contribution >= 0.6 is 7.82 Å². The average molecular weight is 124 g/mol. The zero-order valence-corrected chi connectivity index (χ0v) is 4.59. The molecule has 0 amide bonds. The van der Waals surface area contributed by atoms with E-state index >= 15 is 0 Å². The van der Waals surface area contributed by atoms with Crippen molar-refractivity contribution in [1.82, 2.24) is 0 Å². The van der Waals surface area contributed by atoms with E-state index in [2.05, 4.69) is 0 Å². The molecule has 5 N–H and O–H groups in total. The molecular formula is H6LiO5P. The summed E-state index contributed by atoms with van der Waals surface area (Å²) in [5.74, 6) is 0. The molecule has 0 radical (unpaired) electrons. The van der Waals surface area contributed by atoms with Gasteiger partial charge in [0.2, 0.25) is 0 Å². The molecule has 5 nitrogen and oxygen atoms in total. The summed E-state index contributed by atoms with van der Waals surface area (Å²) in [5.41, 5.74) is 0. The van der Waals surface area contributed by atoms with Crippen LogP contribution in [-0.4, -0.2) is 20.2 Å². The Kier molecular flexibility index (Phi) is 10.8. The SMILES string of the molecule is O.O=P(O)(O)O.[H-].[Li+]. The van der Waals surface area contributed by atoms with Gasteiger partial charge < -0.3 is 21.6 Å². The first kappa shape index (κ1) is 15.6. The zero-order valence-electron chi connectivity index (χ0n) is 4.70. The van der Waals surface area contributed by atoms with Crippen molar-refractivity contribution < 1.29 is 45.0 Å². The van der Waals surface area contributed by atoms with E-state index in [0.29, 0.717) is 0 Å². The van der Waals surface area contributed by atoms with Crippen molar-refractivity contribution in [1.29, 1.82) is 0 Å². The zero-order chi connectivity index (χ0) is 4.50. The van der Waals surface area contributed by atoms with Crippen LogP contribution in [0.15, 0.2) is 0 Å². The minimum Gasteiger partial charge on any atom is -1.00 e. The van der Waals surface area contributed by atoms with Gasteiger partial charge in [0.05, 0.1) is 0 Å². The molecule has 0 aromatic heterocycles. The first-order valence-electron chi connectivity index (χ1n) is 0.783. The van der Waals surface area contributed by atoms with E-state index in [1.165, 1.54) is 0 Å². The van der Waals surface area contributed by atoms with Crippen LogP contribution in [0, 0.1) is 0 Å². The summed E-state index contributed by atoms with van der Waals surface area (Å²) in [6.45, 7) is 0. The number of phosphoric acid groups is 1. The van der Waals surface area contributed by atoms with Gasteiger partial charge in [0.1, 0.15) is 0 Å². The molecule has 0 heterocycles. The van der Waals surface area contributed by atoms with Crippen molar-refractivity contribution in [2.75, 3.05) is 0 Å². The molecule has 0 aliphatic heterocycles. The third kappa shape index (κ3) is 326. The predicted octanol–water partition coefficient (Wildman–Crippen LogP) is -4.64. The fraction of sp³-hybridized carbons (Fsp3) is 0. The van der Waals surface area contributed by atoms with Crippen LogP contribution in [0.4, 0.5) is 0 Å². The Morgan fingerprint density at radius 3 is 1.29 bits per heavy atom. The quantitative estimate of drug-likeness (QED) is 0.223. The fourth-order valence-corrected chi connectivity index (χ4v) is 0. The molecule has 0 aromatic rings. The van der Waals surface area contributed by atoms with Gasteiger partial charge in [-0.05, 0) is 0 Å². The van der Waals surface area contributed by atoms with Gasteiger partial charge in [0, 0.05) is 0 Å². The maximum Gasteiger partial charge on any atom is 1.00 e. The van der Waals surface area contributed by atoms with Crippen LogP contribution in [0.2, 0.25) is 0 Å². The normalized spacial score (nSPS) is 8.43. The topological polar surface area (TPSA) is 109 Å². The van der Waals surface area contributed by atoms with E-state index in [1.54, 1.807) is 0 Å². The molecule has 7 heteroatoms. The molecule has 0 aliphatic carbocycles. The summed E-state index contributed by atoms with van der Waals surface area (Å²) >= 11 is 0. The Balaban J connectivity index is -0.0000000267. The number of hydrogen-bond acceptors (Lipinski definition) is 1. The van der Waals surface area contributed by atoms with Crippen molar-refractivity contribution in [2.24, 2.45) is 0 Å². The Labute approximate surface area is 53.6 Å². The molecule has 0 saturated carbocycles.